The Morgan fingerprint density at radius 1 is 1.03 bits per heavy atom. The molecule has 2 heterocycles. The van der Waals surface area contributed by atoms with Crippen LogP contribution >= 0.6 is 0 Å². The fourth-order valence-electron chi connectivity index (χ4n) is 3.40. The van der Waals surface area contributed by atoms with Crippen LogP contribution in [0.4, 0.5) is 23.2 Å². The van der Waals surface area contributed by atoms with Crippen LogP contribution in [0.15, 0.2) is 54.7 Å². The van der Waals surface area contributed by atoms with Crippen LogP contribution in [-0.4, -0.2) is 27.6 Å². The summed E-state index contributed by atoms with van der Waals surface area (Å²) in [4.78, 5) is 16.8. The van der Waals surface area contributed by atoms with Crippen LogP contribution < -0.4 is 10.1 Å². The number of alkyl halides is 3. The van der Waals surface area contributed by atoms with Gasteiger partial charge in [-0.3, -0.25) is 4.79 Å². The van der Waals surface area contributed by atoms with Crippen molar-refractivity contribution >= 4 is 17.2 Å². The fraction of sp³-hybridized carbons (Fsp3) is 0.240. The normalized spacial score (nSPS) is 12.1. The molecule has 0 fully saturated rings. The van der Waals surface area contributed by atoms with E-state index >= 15 is 0 Å². The number of hydrogen-bond donors (Lipinski definition) is 1. The molecule has 6 nitrogen and oxygen atoms in total. The lowest BCUT2D eigenvalue weighted by atomic mass is 9.95. The molecule has 0 unspecified atom stereocenters. The molecule has 0 aliphatic heterocycles. The Bertz CT molecular complexity index is 1420. The molecule has 35 heavy (non-hydrogen) atoms. The second kappa shape index (κ2) is 8.68. The standard InChI is InChI=1S/C25H22F4N4O2/c1-24(2,3)23(34)31-18-12-14(8-9-16(18)25(27,28)29)19-13-33-21(30-19)11-10-17(32-33)15-6-5-7-20(35-4)22(15)26/h5-13H,1-4H3,(H,31,34). The second-order valence-electron chi connectivity index (χ2n) is 8.93. The number of nitrogens with one attached hydrogen (secondary N) is 1. The van der Waals surface area contributed by atoms with Gasteiger partial charge in [0.1, 0.15) is 0 Å². The molecule has 2 aromatic carbocycles. The maximum Gasteiger partial charge on any atom is 0.418 e. The Hall–Kier alpha value is -3.95. The van der Waals surface area contributed by atoms with Gasteiger partial charge in [-0.2, -0.15) is 18.3 Å². The Morgan fingerprint density at radius 3 is 2.43 bits per heavy atom. The van der Waals surface area contributed by atoms with E-state index in [9.17, 15) is 22.4 Å². The topological polar surface area (TPSA) is 68.5 Å². The Kier molecular flexibility index (Phi) is 6.00. The van der Waals surface area contributed by atoms with E-state index in [0.29, 0.717) is 22.6 Å². The number of hydrogen-bond acceptors (Lipinski definition) is 4. The first kappa shape index (κ1) is 24.2. The molecule has 2 aromatic heterocycles. The Morgan fingerprint density at radius 2 is 1.77 bits per heavy atom. The molecule has 182 valence electrons. The monoisotopic (exact) mass is 486 g/mol. The molecule has 0 aliphatic rings. The number of anilines is 1. The van der Waals surface area contributed by atoms with Crippen LogP contribution in [0.1, 0.15) is 26.3 Å². The number of halogens is 4. The van der Waals surface area contributed by atoms with Gasteiger partial charge in [-0.05, 0) is 36.4 Å². The SMILES string of the molecule is COc1cccc(-c2ccc3nc(-c4ccc(C(F)(F)F)c(NC(=O)C(C)(C)C)c4)cn3n2)c1F. The van der Waals surface area contributed by atoms with E-state index in [-0.39, 0.29) is 17.0 Å². The van der Waals surface area contributed by atoms with Crippen LogP contribution in [0, 0.1) is 11.2 Å². The van der Waals surface area contributed by atoms with Crippen molar-refractivity contribution in [2.75, 3.05) is 12.4 Å². The van der Waals surface area contributed by atoms with Gasteiger partial charge < -0.3 is 10.1 Å². The van der Waals surface area contributed by atoms with Gasteiger partial charge >= 0.3 is 6.18 Å². The lowest BCUT2D eigenvalue weighted by molar-refractivity contribution is -0.137. The highest BCUT2D eigenvalue weighted by Gasteiger charge is 2.35. The Balaban J connectivity index is 1.76. The number of methoxy groups -OCH3 is 1. The van der Waals surface area contributed by atoms with Gasteiger partial charge in [0.25, 0.3) is 0 Å². The van der Waals surface area contributed by atoms with Crippen molar-refractivity contribution < 1.29 is 27.1 Å². The largest absolute Gasteiger partial charge is 0.494 e. The molecular formula is C25H22F4N4O2. The van der Waals surface area contributed by atoms with Crippen LogP contribution in [0.25, 0.3) is 28.2 Å². The molecule has 0 aliphatic carbocycles. The third-order valence-electron chi connectivity index (χ3n) is 5.33. The molecule has 10 heteroatoms. The van der Waals surface area contributed by atoms with Crippen LogP contribution in [-0.2, 0) is 11.0 Å². The predicted molar refractivity (Wildman–Crippen MR) is 123 cm³/mol. The summed E-state index contributed by atoms with van der Waals surface area (Å²) in [5.74, 6) is -1.05. The predicted octanol–water partition coefficient (Wildman–Crippen LogP) is 6.21. The van der Waals surface area contributed by atoms with Gasteiger partial charge in [-0.15, -0.1) is 0 Å². The lowest BCUT2D eigenvalue weighted by Crippen LogP contribution is -2.28. The highest BCUT2D eigenvalue weighted by molar-refractivity contribution is 5.96. The zero-order valence-electron chi connectivity index (χ0n) is 19.4. The number of carbonyl (C=O) groups is 1. The molecule has 0 saturated carbocycles. The van der Waals surface area contributed by atoms with E-state index in [0.717, 1.165) is 6.07 Å². The van der Waals surface area contributed by atoms with Gasteiger partial charge in [-0.1, -0.05) is 32.9 Å². The summed E-state index contributed by atoms with van der Waals surface area (Å²) in [6.07, 6.45) is -3.13. The van der Waals surface area contributed by atoms with Crippen molar-refractivity contribution in [3.63, 3.8) is 0 Å². The fourth-order valence-corrected chi connectivity index (χ4v) is 3.40. The smallest absolute Gasteiger partial charge is 0.418 e. The van der Waals surface area contributed by atoms with Crippen LogP contribution in [0.5, 0.6) is 5.75 Å². The van der Waals surface area contributed by atoms with E-state index in [1.165, 1.54) is 36.0 Å². The molecule has 4 rings (SSSR count). The van der Waals surface area contributed by atoms with E-state index in [1.807, 2.05) is 0 Å². The van der Waals surface area contributed by atoms with E-state index < -0.39 is 28.9 Å². The number of rotatable bonds is 4. The molecule has 0 spiro atoms. The Labute approximate surface area is 198 Å². The summed E-state index contributed by atoms with van der Waals surface area (Å²) < 4.78 is 61.8. The average Bonchev–Trinajstić information content (AvgIpc) is 3.21. The van der Waals surface area contributed by atoms with Crippen LogP contribution in [0.3, 0.4) is 0 Å². The first-order valence-electron chi connectivity index (χ1n) is 10.6. The molecule has 1 N–H and O–H groups in total. The molecule has 0 bridgehead atoms. The third-order valence-corrected chi connectivity index (χ3v) is 5.33. The minimum Gasteiger partial charge on any atom is -0.494 e. The number of nitrogens with zero attached hydrogens (tertiary/aromatic N) is 3. The van der Waals surface area contributed by atoms with Gasteiger partial charge in [-0.25, -0.2) is 13.9 Å². The summed E-state index contributed by atoms with van der Waals surface area (Å²) in [5, 5.41) is 6.78. The molecule has 1 amide bonds. The highest BCUT2D eigenvalue weighted by Crippen LogP contribution is 2.38. The maximum atomic E-state index is 14.7. The third kappa shape index (κ3) is 4.82. The van der Waals surface area contributed by atoms with Crippen molar-refractivity contribution in [2.24, 2.45) is 5.41 Å². The number of aromatic nitrogens is 3. The zero-order chi connectivity index (χ0) is 25.5. The first-order chi connectivity index (χ1) is 16.4. The zero-order valence-corrected chi connectivity index (χ0v) is 19.4. The number of carbonyl (C=O) groups excluding carboxylic acids is 1. The van der Waals surface area contributed by atoms with Gasteiger partial charge in [0.2, 0.25) is 5.91 Å². The van der Waals surface area contributed by atoms with Crippen molar-refractivity contribution in [1.29, 1.82) is 0 Å². The van der Waals surface area contributed by atoms with Crippen molar-refractivity contribution in [2.45, 2.75) is 26.9 Å². The summed E-state index contributed by atoms with van der Waals surface area (Å²) in [7, 11) is 1.36. The van der Waals surface area contributed by atoms with Crippen molar-refractivity contribution in [3.8, 4) is 28.3 Å². The van der Waals surface area contributed by atoms with Gasteiger partial charge in [0, 0.05) is 16.5 Å². The van der Waals surface area contributed by atoms with Crippen molar-refractivity contribution in [1.82, 2.24) is 14.6 Å². The number of fused-ring (bicyclic) bond motifs is 1. The number of ether oxygens (including phenoxy) is 1. The molecular weight excluding hydrogens is 464 g/mol. The number of imidazole rings is 1. The molecule has 0 radical (unpaired) electrons. The molecule has 4 aromatic rings. The lowest BCUT2D eigenvalue weighted by Gasteiger charge is -2.20. The van der Waals surface area contributed by atoms with Gasteiger partial charge in [0.05, 0.1) is 35.9 Å². The molecule has 0 atom stereocenters. The maximum absolute atomic E-state index is 14.7. The second-order valence-corrected chi connectivity index (χ2v) is 8.93. The molecule has 0 saturated heterocycles. The first-order valence-corrected chi connectivity index (χ1v) is 10.6. The minimum absolute atomic E-state index is 0.0744. The van der Waals surface area contributed by atoms with E-state index in [2.05, 4.69) is 15.4 Å². The summed E-state index contributed by atoms with van der Waals surface area (Å²) in [5.41, 5.74) is -0.575. The quantitative estimate of drug-likeness (QED) is 0.348. The van der Waals surface area contributed by atoms with E-state index in [1.54, 1.807) is 45.0 Å². The van der Waals surface area contributed by atoms with E-state index in [4.69, 9.17) is 4.74 Å². The summed E-state index contributed by atoms with van der Waals surface area (Å²) in [6.45, 7) is 4.82. The number of amides is 1. The highest BCUT2D eigenvalue weighted by atomic mass is 19.4. The minimum atomic E-state index is -4.66. The van der Waals surface area contributed by atoms with Crippen molar-refractivity contribution in [3.05, 3.63) is 66.1 Å². The average molecular weight is 486 g/mol. The van der Waals surface area contributed by atoms with Crippen LogP contribution in [0.2, 0.25) is 0 Å². The number of benzene rings is 2. The summed E-state index contributed by atoms with van der Waals surface area (Å²) >= 11 is 0. The van der Waals surface area contributed by atoms with Gasteiger partial charge in [0.15, 0.2) is 17.2 Å². The summed E-state index contributed by atoms with van der Waals surface area (Å²) in [6, 6.07) is 11.3.